The van der Waals surface area contributed by atoms with Gasteiger partial charge in [0.15, 0.2) is 0 Å². The van der Waals surface area contributed by atoms with E-state index in [4.69, 9.17) is 4.74 Å². The highest BCUT2D eigenvalue weighted by molar-refractivity contribution is 6.05. The van der Waals surface area contributed by atoms with E-state index >= 15 is 0 Å². The Labute approximate surface area is 159 Å². The molecule has 27 heavy (non-hydrogen) atoms. The van der Waals surface area contributed by atoms with Gasteiger partial charge < -0.3 is 4.74 Å². The normalized spacial score (nSPS) is 11.2. The molecule has 4 nitrogen and oxygen atoms in total. The average Bonchev–Trinajstić information content (AvgIpc) is 2.64. The van der Waals surface area contributed by atoms with Crippen LogP contribution in [-0.4, -0.2) is 22.5 Å². The molecule has 4 heteroatoms. The van der Waals surface area contributed by atoms with Crippen LogP contribution in [0.3, 0.4) is 0 Å². The minimum absolute atomic E-state index is 0.154. The van der Waals surface area contributed by atoms with Crippen molar-refractivity contribution in [1.82, 2.24) is 4.90 Å². The molecule has 0 radical (unpaired) electrons. The molecule has 0 fully saturated rings. The quantitative estimate of drug-likeness (QED) is 0.626. The van der Waals surface area contributed by atoms with Gasteiger partial charge in [-0.05, 0) is 49.2 Å². The molecule has 0 aliphatic rings. The highest BCUT2D eigenvalue weighted by Crippen LogP contribution is 2.20. The molecule has 138 valence electrons. The van der Waals surface area contributed by atoms with Gasteiger partial charge in [-0.1, -0.05) is 60.7 Å². The lowest BCUT2D eigenvalue weighted by molar-refractivity contribution is 0.0227. The molecule has 0 N–H and O–H groups in total. The first kappa shape index (κ1) is 18.6. The SMILES string of the molecule is CC(C)(C)OC(=O)N(Cc1ccccc1)C(=O)c1ccc2ccccc2c1. The molecule has 3 rings (SSSR count). The monoisotopic (exact) mass is 361 g/mol. The van der Waals surface area contributed by atoms with E-state index in [9.17, 15) is 9.59 Å². The van der Waals surface area contributed by atoms with Crippen LogP contribution in [0.5, 0.6) is 0 Å². The number of amides is 2. The van der Waals surface area contributed by atoms with Crippen LogP contribution in [0.4, 0.5) is 4.79 Å². The zero-order valence-corrected chi connectivity index (χ0v) is 15.8. The molecule has 0 saturated heterocycles. The molecule has 0 aromatic heterocycles. The second-order valence-electron chi connectivity index (χ2n) is 7.42. The van der Waals surface area contributed by atoms with E-state index in [1.807, 2.05) is 60.7 Å². The van der Waals surface area contributed by atoms with Crippen molar-refractivity contribution in [1.29, 1.82) is 0 Å². The smallest absolute Gasteiger partial charge is 0.417 e. The third-order valence-electron chi connectivity index (χ3n) is 4.04. The maximum absolute atomic E-state index is 13.1. The maximum atomic E-state index is 13.1. The molecule has 0 saturated carbocycles. The van der Waals surface area contributed by atoms with Gasteiger partial charge in [-0.25, -0.2) is 9.69 Å². The van der Waals surface area contributed by atoms with E-state index in [0.717, 1.165) is 21.2 Å². The summed E-state index contributed by atoms with van der Waals surface area (Å²) in [6, 6.07) is 22.7. The molecule has 0 heterocycles. The molecule has 3 aromatic carbocycles. The Morgan fingerprint density at radius 2 is 1.48 bits per heavy atom. The van der Waals surface area contributed by atoms with Crippen molar-refractivity contribution in [2.75, 3.05) is 0 Å². The molecular formula is C23H23NO3. The number of imide groups is 1. The lowest BCUT2D eigenvalue weighted by Crippen LogP contribution is -2.40. The van der Waals surface area contributed by atoms with Crippen LogP contribution in [0.2, 0.25) is 0 Å². The van der Waals surface area contributed by atoms with Crippen molar-refractivity contribution in [3.63, 3.8) is 0 Å². The molecule has 0 aliphatic heterocycles. The number of hydrogen-bond donors (Lipinski definition) is 0. The van der Waals surface area contributed by atoms with Crippen LogP contribution >= 0.6 is 0 Å². The molecule has 0 unspecified atom stereocenters. The van der Waals surface area contributed by atoms with Crippen molar-refractivity contribution in [2.24, 2.45) is 0 Å². The summed E-state index contributed by atoms with van der Waals surface area (Å²) in [5.74, 6) is -0.376. The lowest BCUT2D eigenvalue weighted by Gasteiger charge is -2.26. The minimum atomic E-state index is -0.685. The summed E-state index contributed by atoms with van der Waals surface area (Å²) in [7, 11) is 0. The Hall–Kier alpha value is -3.14. The second kappa shape index (κ2) is 7.62. The number of benzene rings is 3. The van der Waals surface area contributed by atoms with Crippen LogP contribution in [0.25, 0.3) is 10.8 Å². The molecular weight excluding hydrogens is 338 g/mol. The largest absolute Gasteiger partial charge is 0.443 e. The fourth-order valence-electron chi connectivity index (χ4n) is 2.78. The summed E-state index contributed by atoms with van der Waals surface area (Å²) < 4.78 is 5.47. The third-order valence-corrected chi connectivity index (χ3v) is 4.04. The predicted octanol–water partition coefficient (Wildman–Crippen LogP) is 5.42. The Morgan fingerprint density at radius 1 is 0.852 bits per heavy atom. The standard InChI is InChI=1S/C23H23NO3/c1-23(2,3)27-22(26)24(16-17-9-5-4-6-10-17)21(25)20-14-13-18-11-7-8-12-19(18)15-20/h4-15H,16H2,1-3H3. The third kappa shape index (κ3) is 4.73. The van der Waals surface area contributed by atoms with Crippen LogP contribution in [-0.2, 0) is 11.3 Å². The zero-order valence-electron chi connectivity index (χ0n) is 15.8. The summed E-state index contributed by atoms with van der Waals surface area (Å²) in [4.78, 5) is 27.0. The van der Waals surface area contributed by atoms with E-state index in [-0.39, 0.29) is 12.5 Å². The first-order valence-corrected chi connectivity index (χ1v) is 8.91. The maximum Gasteiger partial charge on any atom is 0.417 e. The van der Waals surface area contributed by atoms with E-state index in [1.54, 1.807) is 32.9 Å². The fourth-order valence-corrected chi connectivity index (χ4v) is 2.78. The summed E-state index contributed by atoms with van der Waals surface area (Å²) in [6.07, 6.45) is -0.649. The summed E-state index contributed by atoms with van der Waals surface area (Å²) in [6.45, 7) is 5.51. The Morgan fingerprint density at radius 3 is 2.15 bits per heavy atom. The van der Waals surface area contributed by atoms with Crippen molar-refractivity contribution in [3.8, 4) is 0 Å². The Bertz CT molecular complexity index is 958. The van der Waals surface area contributed by atoms with Crippen molar-refractivity contribution >= 4 is 22.8 Å². The number of fused-ring (bicyclic) bond motifs is 1. The van der Waals surface area contributed by atoms with Gasteiger partial charge in [0.2, 0.25) is 0 Å². The first-order valence-electron chi connectivity index (χ1n) is 8.91. The Balaban J connectivity index is 1.94. The second-order valence-corrected chi connectivity index (χ2v) is 7.42. The molecule has 0 bridgehead atoms. The van der Waals surface area contributed by atoms with Gasteiger partial charge in [0, 0.05) is 5.56 Å². The average molecular weight is 361 g/mol. The van der Waals surface area contributed by atoms with Gasteiger partial charge >= 0.3 is 6.09 Å². The van der Waals surface area contributed by atoms with Gasteiger partial charge in [0.1, 0.15) is 5.60 Å². The summed E-state index contributed by atoms with van der Waals surface area (Å²) in [5.41, 5.74) is 0.628. The molecule has 2 amide bonds. The van der Waals surface area contributed by atoms with Crippen LogP contribution < -0.4 is 0 Å². The highest BCUT2D eigenvalue weighted by atomic mass is 16.6. The van der Waals surface area contributed by atoms with Gasteiger partial charge in [-0.3, -0.25) is 4.79 Å². The number of rotatable bonds is 3. The van der Waals surface area contributed by atoms with E-state index < -0.39 is 11.7 Å². The Kier molecular flexibility index (Phi) is 5.26. The number of ether oxygens (including phenoxy) is 1. The highest BCUT2D eigenvalue weighted by Gasteiger charge is 2.28. The van der Waals surface area contributed by atoms with Crippen molar-refractivity contribution < 1.29 is 14.3 Å². The minimum Gasteiger partial charge on any atom is -0.443 e. The van der Waals surface area contributed by atoms with Gasteiger partial charge in [-0.2, -0.15) is 0 Å². The van der Waals surface area contributed by atoms with E-state index in [0.29, 0.717) is 5.56 Å². The van der Waals surface area contributed by atoms with Gasteiger partial charge in [0.25, 0.3) is 5.91 Å². The van der Waals surface area contributed by atoms with Crippen LogP contribution in [0, 0.1) is 0 Å². The molecule has 3 aromatic rings. The first-order chi connectivity index (χ1) is 12.8. The summed E-state index contributed by atoms with van der Waals surface area (Å²) in [5, 5.41) is 1.99. The fraction of sp³-hybridized carbons (Fsp3) is 0.217. The van der Waals surface area contributed by atoms with Crippen LogP contribution in [0.15, 0.2) is 72.8 Å². The summed E-state index contributed by atoms with van der Waals surface area (Å²) >= 11 is 0. The van der Waals surface area contributed by atoms with E-state index in [2.05, 4.69) is 0 Å². The number of nitrogens with zero attached hydrogens (tertiary/aromatic N) is 1. The zero-order chi connectivity index (χ0) is 19.4. The van der Waals surface area contributed by atoms with Crippen molar-refractivity contribution in [2.45, 2.75) is 32.9 Å². The van der Waals surface area contributed by atoms with E-state index in [1.165, 1.54) is 0 Å². The lowest BCUT2D eigenvalue weighted by atomic mass is 10.1. The topological polar surface area (TPSA) is 46.6 Å². The van der Waals surface area contributed by atoms with Gasteiger partial charge in [0.05, 0.1) is 6.54 Å². The van der Waals surface area contributed by atoms with Crippen molar-refractivity contribution in [3.05, 3.63) is 83.9 Å². The molecule has 0 aliphatic carbocycles. The van der Waals surface area contributed by atoms with Crippen LogP contribution in [0.1, 0.15) is 36.7 Å². The number of carbonyl (C=O) groups is 2. The number of carbonyl (C=O) groups excluding carboxylic acids is 2. The van der Waals surface area contributed by atoms with Gasteiger partial charge in [-0.15, -0.1) is 0 Å². The molecule has 0 atom stereocenters. The number of hydrogen-bond acceptors (Lipinski definition) is 3. The predicted molar refractivity (Wildman–Crippen MR) is 106 cm³/mol. The molecule has 0 spiro atoms.